The van der Waals surface area contributed by atoms with E-state index in [0.29, 0.717) is 31.6 Å². The molecule has 1 unspecified atom stereocenters. The van der Waals surface area contributed by atoms with E-state index in [1.54, 1.807) is 11.0 Å². The number of carbonyl (C=O) groups is 2. The first kappa shape index (κ1) is 26.3. The van der Waals surface area contributed by atoms with Crippen LogP contribution in [0.25, 0.3) is 0 Å². The first-order chi connectivity index (χ1) is 17.0. The Kier molecular flexibility index (Phi) is 7.51. The van der Waals surface area contributed by atoms with Crippen molar-refractivity contribution in [1.29, 1.82) is 0 Å². The van der Waals surface area contributed by atoms with E-state index in [4.69, 9.17) is 16.7 Å². The van der Waals surface area contributed by atoms with Crippen molar-refractivity contribution in [2.45, 2.75) is 57.4 Å². The smallest absolute Gasteiger partial charge is 0.416 e. The minimum Gasteiger partial charge on any atom is -0.476 e. The van der Waals surface area contributed by atoms with E-state index in [9.17, 15) is 22.8 Å². The normalized spacial score (nSPS) is 20.9. The van der Waals surface area contributed by atoms with E-state index in [1.807, 2.05) is 18.9 Å². The highest BCUT2D eigenvalue weighted by atomic mass is 35.5. The number of nitrogens with zero attached hydrogens (tertiary/aromatic N) is 5. The number of rotatable bonds is 5. The number of alkyl halides is 3. The second-order valence-corrected chi connectivity index (χ2v) is 9.94. The average molecular weight is 528 g/mol. The number of carboxylic acid groups (broad SMARTS) is 1. The summed E-state index contributed by atoms with van der Waals surface area (Å²) in [7, 11) is 1.95. The summed E-state index contributed by atoms with van der Waals surface area (Å²) in [4.78, 5) is 29.9. The van der Waals surface area contributed by atoms with Crippen LogP contribution in [0.3, 0.4) is 0 Å². The van der Waals surface area contributed by atoms with Crippen molar-refractivity contribution in [3.05, 3.63) is 46.2 Å². The van der Waals surface area contributed by atoms with Crippen molar-refractivity contribution in [2.75, 3.05) is 31.6 Å². The lowest BCUT2D eigenvalue weighted by Crippen LogP contribution is -2.51. The molecule has 2 saturated heterocycles. The zero-order valence-electron chi connectivity index (χ0n) is 20.1. The number of hydrogen-bond acceptors (Lipinski definition) is 5. The van der Waals surface area contributed by atoms with Crippen LogP contribution in [0, 0.1) is 0 Å². The number of carbonyl (C=O) groups excluding carboxylic acids is 1. The fourth-order valence-corrected chi connectivity index (χ4v) is 5.29. The third kappa shape index (κ3) is 5.46. The highest BCUT2D eigenvalue weighted by Crippen LogP contribution is 2.35. The molecule has 4 rings (SSSR count). The van der Waals surface area contributed by atoms with Crippen LogP contribution in [0.2, 0.25) is 5.02 Å². The first-order valence-corrected chi connectivity index (χ1v) is 12.3. The SMILES string of the molecule is C[C@H]1CC(N(C)Cc2ccc(C(F)(F)F)cc2N2CCCC2)CCN1C(=O)n1cc(Cl)c(C(=O)O)n1. The van der Waals surface area contributed by atoms with Gasteiger partial charge < -0.3 is 14.9 Å². The summed E-state index contributed by atoms with van der Waals surface area (Å²) in [6, 6.07) is 3.51. The van der Waals surface area contributed by atoms with Gasteiger partial charge in [0, 0.05) is 44.0 Å². The number of piperidine rings is 1. The molecule has 0 bridgehead atoms. The molecule has 3 heterocycles. The highest BCUT2D eigenvalue weighted by molar-refractivity contribution is 6.33. The van der Waals surface area contributed by atoms with Crippen molar-refractivity contribution in [1.82, 2.24) is 19.6 Å². The Morgan fingerprint density at radius 2 is 1.92 bits per heavy atom. The number of aromatic nitrogens is 2. The second-order valence-electron chi connectivity index (χ2n) is 9.53. The summed E-state index contributed by atoms with van der Waals surface area (Å²) < 4.78 is 41.1. The van der Waals surface area contributed by atoms with Gasteiger partial charge in [0.15, 0.2) is 5.69 Å². The van der Waals surface area contributed by atoms with Crippen molar-refractivity contribution in [2.24, 2.45) is 0 Å². The molecule has 2 aliphatic rings. The number of amides is 1. The lowest BCUT2D eigenvalue weighted by atomic mass is 9.96. The van der Waals surface area contributed by atoms with Crippen molar-refractivity contribution < 1.29 is 27.9 Å². The molecule has 8 nitrogen and oxygen atoms in total. The minimum atomic E-state index is -4.39. The molecule has 36 heavy (non-hydrogen) atoms. The van der Waals surface area contributed by atoms with Crippen LogP contribution in [0.5, 0.6) is 0 Å². The molecule has 2 aromatic rings. The Hall–Kier alpha value is -2.79. The van der Waals surface area contributed by atoms with E-state index in [2.05, 4.69) is 10.00 Å². The molecule has 0 radical (unpaired) electrons. The van der Waals surface area contributed by atoms with Crippen molar-refractivity contribution >= 4 is 29.3 Å². The first-order valence-electron chi connectivity index (χ1n) is 11.9. The third-order valence-corrected chi connectivity index (χ3v) is 7.34. The molecule has 0 spiro atoms. The largest absolute Gasteiger partial charge is 0.476 e. The molecule has 2 aliphatic heterocycles. The molecular formula is C24H29ClF3N5O3. The maximum Gasteiger partial charge on any atom is 0.416 e. The highest BCUT2D eigenvalue weighted by Gasteiger charge is 2.34. The maximum absolute atomic E-state index is 13.4. The molecule has 1 aromatic heterocycles. The molecule has 2 atom stereocenters. The molecule has 1 aromatic carbocycles. The van der Waals surface area contributed by atoms with Crippen LogP contribution in [0.1, 0.15) is 54.2 Å². The van der Waals surface area contributed by atoms with Gasteiger partial charge in [-0.25, -0.2) is 9.59 Å². The van der Waals surface area contributed by atoms with E-state index in [0.717, 1.165) is 42.2 Å². The van der Waals surface area contributed by atoms with Crippen molar-refractivity contribution in [3.8, 4) is 0 Å². The standard InChI is InChI=1S/C24H29ClF3N5O3/c1-15-11-18(7-10-32(15)23(36)33-14-19(25)21(29-33)22(34)35)30(2)13-16-5-6-17(24(26,27)28)12-20(16)31-8-3-4-9-31/h5-6,12,14-15,18H,3-4,7-11,13H2,1-2H3,(H,34,35)/t15-,18?/m0/s1. The van der Waals surface area contributed by atoms with E-state index < -0.39 is 23.7 Å². The van der Waals surface area contributed by atoms with Gasteiger partial charge in [0.05, 0.1) is 16.8 Å². The van der Waals surface area contributed by atoms with Crippen LogP contribution < -0.4 is 4.90 Å². The summed E-state index contributed by atoms with van der Waals surface area (Å²) in [5, 5.41) is 12.8. The van der Waals surface area contributed by atoms with Gasteiger partial charge >= 0.3 is 18.2 Å². The molecule has 2 fully saturated rings. The monoisotopic (exact) mass is 527 g/mol. The van der Waals surface area contributed by atoms with Gasteiger partial charge in [-0.3, -0.25) is 4.90 Å². The number of likely N-dealkylation sites (tertiary alicyclic amines) is 1. The fourth-order valence-electron chi connectivity index (χ4n) is 5.08. The molecule has 196 valence electrons. The molecule has 0 saturated carbocycles. The maximum atomic E-state index is 13.4. The Bertz CT molecular complexity index is 1130. The van der Waals surface area contributed by atoms with Gasteiger partial charge in [0.2, 0.25) is 0 Å². The number of aromatic carboxylic acids is 1. The number of anilines is 1. The van der Waals surface area contributed by atoms with Crippen LogP contribution in [0.15, 0.2) is 24.4 Å². The lowest BCUT2D eigenvalue weighted by molar-refractivity contribution is -0.137. The molecule has 1 N–H and O–H groups in total. The van der Waals surface area contributed by atoms with Crippen molar-refractivity contribution in [3.63, 3.8) is 0 Å². The van der Waals surface area contributed by atoms with Gasteiger partial charge in [-0.2, -0.15) is 23.0 Å². The minimum absolute atomic E-state index is 0.108. The van der Waals surface area contributed by atoms with Crippen LogP contribution in [-0.2, 0) is 12.7 Å². The number of hydrogen-bond donors (Lipinski definition) is 1. The van der Waals surface area contributed by atoms with E-state index in [1.165, 1.54) is 12.3 Å². The van der Waals surface area contributed by atoms with Gasteiger partial charge in [-0.15, -0.1) is 0 Å². The molecule has 12 heteroatoms. The predicted molar refractivity (Wildman–Crippen MR) is 129 cm³/mol. The summed E-state index contributed by atoms with van der Waals surface area (Å²) in [5.74, 6) is -1.31. The lowest BCUT2D eigenvalue weighted by Gasteiger charge is -2.41. The van der Waals surface area contributed by atoms with E-state index in [-0.39, 0.29) is 22.8 Å². The Morgan fingerprint density at radius 1 is 1.22 bits per heavy atom. The van der Waals surface area contributed by atoms with Gasteiger partial charge in [0.1, 0.15) is 0 Å². The second kappa shape index (κ2) is 10.3. The topological polar surface area (TPSA) is 81.9 Å². The predicted octanol–water partition coefficient (Wildman–Crippen LogP) is 4.81. The Balaban J connectivity index is 1.45. The summed E-state index contributed by atoms with van der Waals surface area (Å²) in [5.41, 5.74) is 0.476. The molecule has 0 aliphatic carbocycles. The van der Waals surface area contributed by atoms with Gasteiger partial charge in [0.25, 0.3) is 0 Å². The zero-order chi connectivity index (χ0) is 26.2. The quantitative estimate of drug-likeness (QED) is 0.601. The molecular weight excluding hydrogens is 499 g/mol. The Labute approximate surface area is 212 Å². The summed E-state index contributed by atoms with van der Waals surface area (Å²) >= 11 is 5.89. The number of carboxylic acids is 1. The number of benzene rings is 1. The zero-order valence-corrected chi connectivity index (χ0v) is 20.9. The number of halogens is 4. The van der Waals surface area contributed by atoms with Gasteiger partial charge in [-0.1, -0.05) is 17.7 Å². The van der Waals surface area contributed by atoms with E-state index >= 15 is 0 Å². The van der Waals surface area contributed by atoms with Crippen LogP contribution in [-0.4, -0.2) is 75.5 Å². The third-order valence-electron chi connectivity index (χ3n) is 7.06. The Morgan fingerprint density at radius 3 is 2.50 bits per heavy atom. The summed E-state index contributed by atoms with van der Waals surface area (Å²) in [6.07, 6.45) is 0.0478. The molecule has 1 amide bonds. The average Bonchev–Trinajstić information content (AvgIpc) is 3.48. The summed E-state index contributed by atoms with van der Waals surface area (Å²) in [6.45, 7) is 4.33. The fraction of sp³-hybridized carbons (Fsp3) is 0.542. The van der Waals surface area contributed by atoms with Crippen LogP contribution in [0.4, 0.5) is 23.7 Å². The van der Waals surface area contributed by atoms with Crippen LogP contribution >= 0.6 is 11.6 Å². The van der Waals surface area contributed by atoms with Gasteiger partial charge in [-0.05, 0) is 57.4 Å².